The maximum Gasteiger partial charge on any atom is 0.319 e. The van der Waals surface area contributed by atoms with Gasteiger partial charge in [-0.05, 0) is 36.2 Å². The standard InChI is InChI=1S/C21H21BrFN5O2S/c1-3-12(2)17(25-20(30)24-16-6-4-5-15(23)11-16)18(29)26-21-28-27-19(31-21)13-7-9-14(22)10-8-13/h4-12,17H,3H2,1-2H3,(H2,24,25,30)(H,26,28,29). The summed E-state index contributed by atoms with van der Waals surface area (Å²) < 4.78 is 14.3. The summed E-state index contributed by atoms with van der Waals surface area (Å²) >= 11 is 4.63. The predicted molar refractivity (Wildman–Crippen MR) is 123 cm³/mol. The summed E-state index contributed by atoms with van der Waals surface area (Å²) in [5.74, 6) is -1.01. The van der Waals surface area contributed by atoms with Crippen molar-refractivity contribution in [2.45, 2.75) is 26.3 Å². The van der Waals surface area contributed by atoms with Crippen LogP contribution in [0.2, 0.25) is 0 Å². The number of benzene rings is 2. The monoisotopic (exact) mass is 505 g/mol. The molecule has 2 aromatic carbocycles. The summed E-state index contributed by atoms with van der Waals surface area (Å²) in [7, 11) is 0. The average Bonchev–Trinajstić information content (AvgIpc) is 3.20. The number of amides is 3. The Morgan fingerprint density at radius 1 is 1.13 bits per heavy atom. The number of nitrogens with one attached hydrogen (secondary N) is 3. The third-order valence-electron chi connectivity index (χ3n) is 4.61. The van der Waals surface area contributed by atoms with E-state index in [-0.39, 0.29) is 5.92 Å². The minimum absolute atomic E-state index is 0.142. The predicted octanol–water partition coefficient (Wildman–Crippen LogP) is 5.28. The van der Waals surface area contributed by atoms with Gasteiger partial charge in [-0.1, -0.05) is 65.7 Å². The molecule has 1 heterocycles. The maximum atomic E-state index is 13.3. The van der Waals surface area contributed by atoms with Gasteiger partial charge >= 0.3 is 6.03 Å². The number of carbonyl (C=O) groups excluding carboxylic acids is 2. The second-order valence-corrected chi connectivity index (χ2v) is 8.77. The highest BCUT2D eigenvalue weighted by Gasteiger charge is 2.27. The van der Waals surface area contributed by atoms with Gasteiger partial charge in [0.2, 0.25) is 11.0 Å². The first-order valence-electron chi connectivity index (χ1n) is 9.59. The van der Waals surface area contributed by atoms with Crippen LogP contribution in [-0.2, 0) is 4.79 Å². The van der Waals surface area contributed by atoms with Crippen molar-refractivity contribution in [3.05, 3.63) is 58.8 Å². The topological polar surface area (TPSA) is 96.0 Å². The first-order chi connectivity index (χ1) is 14.9. The van der Waals surface area contributed by atoms with E-state index in [1.54, 1.807) is 6.07 Å². The van der Waals surface area contributed by atoms with Gasteiger partial charge in [0.25, 0.3) is 0 Å². The minimum atomic E-state index is -0.807. The summed E-state index contributed by atoms with van der Waals surface area (Å²) in [5, 5.41) is 17.1. The Labute approximate surface area is 191 Å². The van der Waals surface area contributed by atoms with E-state index < -0.39 is 23.8 Å². The Morgan fingerprint density at radius 3 is 2.55 bits per heavy atom. The average molecular weight is 506 g/mol. The van der Waals surface area contributed by atoms with Crippen molar-refractivity contribution in [2.75, 3.05) is 10.6 Å². The molecule has 3 N–H and O–H groups in total. The molecule has 0 spiro atoms. The lowest BCUT2D eigenvalue weighted by atomic mass is 9.98. The fourth-order valence-electron chi connectivity index (χ4n) is 2.74. The van der Waals surface area contributed by atoms with Crippen LogP contribution in [0.25, 0.3) is 10.6 Å². The first kappa shape index (κ1) is 22.8. The second-order valence-electron chi connectivity index (χ2n) is 6.88. The molecule has 0 fully saturated rings. The maximum absolute atomic E-state index is 13.3. The Bertz CT molecular complexity index is 1060. The summed E-state index contributed by atoms with van der Waals surface area (Å²) in [5.41, 5.74) is 1.18. The smallest absolute Gasteiger partial charge is 0.319 e. The molecule has 3 amide bonds. The summed E-state index contributed by atoms with van der Waals surface area (Å²) in [6.07, 6.45) is 0.665. The zero-order valence-corrected chi connectivity index (χ0v) is 19.3. The molecule has 0 saturated carbocycles. The van der Waals surface area contributed by atoms with Crippen LogP contribution in [0.4, 0.5) is 20.0 Å². The normalized spacial score (nSPS) is 12.6. The third-order valence-corrected chi connectivity index (χ3v) is 6.03. The van der Waals surface area contributed by atoms with Gasteiger partial charge in [0.05, 0.1) is 0 Å². The number of hydrogen-bond acceptors (Lipinski definition) is 5. The van der Waals surface area contributed by atoms with Crippen LogP contribution < -0.4 is 16.0 Å². The van der Waals surface area contributed by atoms with Gasteiger partial charge in [-0.25, -0.2) is 9.18 Å². The van der Waals surface area contributed by atoms with Crippen molar-refractivity contribution in [1.82, 2.24) is 15.5 Å². The van der Waals surface area contributed by atoms with Crippen molar-refractivity contribution in [2.24, 2.45) is 5.92 Å². The van der Waals surface area contributed by atoms with E-state index in [9.17, 15) is 14.0 Å². The van der Waals surface area contributed by atoms with Gasteiger partial charge in [-0.15, -0.1) is 10.2 Å². The fourth-order valence-corrected chi connectivity index (χ4v) is 3.76. The van der Waals surface area contributed by atoms with Gasteiger partial charge < -0.3 is 10.6 Å². The lowest BCUT2D eigenvalue weighted by Crippen LogP contribution is -2.49. The highest BCUT2D eigenvalue weighted by atomic mass is 79.9. The van der Waals surface area contributed by atoms with E-state index in [1.807, 2.05) is 38.1 Å². The van der Waals surface area contributed by atoms with Gasteiger partial charge in [-0.2, -0.15) is 0 Å². The lowest BCUT2D eigenvalue weighted by Gasteiger charge is -2.23. The van der Waals surface area contributed by atoms with Crippen LogP contribution in [-0.4, -0.2) is 28.2 Å². The molecule has 31 heavy (non-hydrogen) atoms. The minimum Gasteiger partial charge on any atom is -0.326 e. The van der Waals surface area contributed by atoms with Crippen molar-refractivity contribution in [3.8, 4) is 10.6 Å². The third kappa shape index (κ3) is 6.31. The molecule has 3 rings (SSSR count). The van der Waals surface area contributed by atoms with Crippen molar-refractivity contribution < 1.29 is 14.0 Å². The van der Waals surface area contributed by atoms with E-state index in [1.165, 1.54) is 29.5 Å². The van der Waals surface area contributed by atoms with E-state index in [2.05, 4.69) is 42.1 Å². The van der Waals surface area contributed by atoms with Crippen LogP contribution in [0.3, 0.4) is 0 Å². The number of hydrogen-bond donors (Lipinski definition) is 3. The number of carbonyl (C=O) groups is 2. The SMILES string of the molecule is CCC(C)C(NC(=O)Nc1cccc(F)c1)C(=O)Nc1nnc(-c2ccc(Br)cc2)s1. The van der Waals surface area contributed by atoms with Gasteiger partial charge in [0, 0.05) is 15.7 Å². The highest BCUT2D eigenvalue weighted by molar-refractivity contribution is 9.10. The van der Waals surface area contributed by atoms with Crippen LogP contribution in [0.1, 0.15) is 20.3 Å². The number of aromatic nitrogens is 2. The number of rotatable bonds is 7. The molecular weight excluding hydrogens is 485 g/mol. The Morgan fingerprint density at radius 2 is 1.87 bits per heavy atom. The molecule has 2 atom stereocenters. The molecule has 1 aromatic heterocycles. The summed E-state index contributed by atoms with van der Waals surface area (Å²) in [6, 6.07) is 11.7. The Balaban J connectivity index is 1.67. The van der Waals surface area contributed by atoms with Crippen LogP contribution in [0.5, 0.6) is 0 Å². The summed E-state index contributed by atoms with van der Waals surface area (Å²) in [6.45, 7) is 3.79. The second kappa shape index (κ2) is 10.5. The van der Waals surface area contributed by atoms with Gasteiger partial charge in [-0.3, -0.25) is 10.1 Å². The number of anilines is 2. The lowest BCUT2D eigenvalue weighted by molar-refractivity contribution is -0.119. The van der Waals surface area contributed by atoms with Crippen molar-refractivity contribution in [3.63, 3.8) is 0 Å². The van der Waals surface area contributed by atoms with Crippen LogP contribution >= 0.6 is 27.3 Å². The van der Waals surface area contributed by atoms with Gasteiger partial charge in [0.1, 0.15) is 16.9 Å². The van der Waals surface area contributed by atoms with E-state index in [0.29, 0.717) is 22.2 Å². The first-order valence-corrected chi connectivity index (χ1v) is 11.2. The molecule has 0 aliphatic carbocycles. The molecule has 0 radical (unpaired) electrons. The Hall–Kier alpha value is -2.85. The highest BCUT2D eigenvalue weighted by Crippen LogP contribution is 2.27. The quantitative estimate of drug-likeness (QED) is 0.406. The van der Waals surface area contributed by atoms with Gasteiger partial charge in [0.15, 0.2) is 0 Å². The molecule has 10 heteroatoms. The zero-order chi connectivity index (χ0) is 22.4. The molecule has 3 aromatic rings. The molecule has 162 valence electrons. The van der Waals surface area contributed by atoms with E-state index in [4.69, 9.17) is 0 Å². The number of urea groups is 1. The molecule has 7 nitrogen and oxygen atoms in total. The Kier molecular flexibility index (Phi) is 7.69. The van der Waals surface area contributed by atoms with E-state index >= 15 is 0 Å². The molecule has 0 aliphatic heterocycles. The molecule has 0 aliphatic rings. The van der Waals surface area contributed by atoms with Crippen molar-refractivity contribution in [1.29, 1.82) is 0 Å². The fraction of sp³-hybridized carbons (Fsp3) is 0.238. The molecule has 0 saturated heterocycles. The van der Waals surface area contributed by atoms with Crippen LogP contribution in [0, 0.1) is 11.7 Å². The van der Waals surface area contributed by atoms with Crippen molar-refractivity contribution >= 4 is 50.0 Å². The van der Waals surface area contributed by atoms with Crippen LogP contribution in [0.15, 0.2) is 53.0 Å². The summed E-state index contributed by atoms with van der Waals surface area (Å²) in [4.78, 5) is 25.2. The molecular formula is C21H21BrFN5O2S. The number of halogens is 2. The largest absolute Gasteiger partial charge is 0.326 e. The zero-order valence-electron chi connectivity index (χ0n) is 16.9. The van der Waals surface area contributed by atoms with E-state index in [0.717, 1.165) is 10.0 Å². The molecule has 0 bridgehead atoms. The number of nitrogens with zero attached hydrogens (tertiary/aromatic N) is 2. The molecule has 2 unspecified atom stereocenters.